The third-order valence-electron chi connectivity index (χ3n) is 16.5. The van der Waals surface area contributed by atoms with E-state index in [4.69, 9.17) is 42.1 Å². The van der Waals surface area contributed by atoms with E-state index in [2.05, 4.69) is 19.2 Å². The third-order valence-corrected chi connectivity index (χ3v) is 17.0. The van der Waals surface area contributed by atoms with Crippen molar-refractivity contribution in [2.24, 2.45) is 0 Å². The number of alkyl carbamates (subject to hydrolysis) is 1. The first-order valence-corrected chi connectivity index (χ1v) is 34.6. The van der Waals surface area contributed by atoms with Gasteiger partial charge in [0.15, 0.2) is 5.60 Å². The third kappa shape index (κ3) is 32.2. The first-order valence-electron chi connectivity index (χ1n) is 33.9. The average Bonchev–Trinajstić information content (AvgIpc) is 2.01. The summed E-state index contributed by atoms with van der Waals surface area (Å²) in [6.07, 6.45) is 52.6. The number of hydrogen-bond acceptors (Lipinski definition) is 6. The summed E-state index contributed by atoms with van der Waals surface area (Å²) in [5, 5.41) is 3.77. The molecule has 0 saturated carbocycles. The van der Waals surface area contributed by atoms with Crippen molar-refractivity contribution in [3.8, 4) is 11.5 Å². The zero-order chi connectivity index (χ0) is 59.1. The molecule has 0 bridgehead atoms. The largest absolute Gasteiger partial charge is 0.493 e. The molecule has 0 aliphatic heterocycles. The molecule has 0 spiro atoms. The molecule has 0 heterocycles. The van der Waals surface area contributed by atoms with E-state index >= 15 is 0 Å². The number of carbonyl (C=O) groups excluding carboxylic acids is 2. The van der Waals surface area contributed by atoms with E-state index in [-0.39, 0.29) is 6.61 Å². The first-order chi connectivity index (χ1) is 40.7. The molecule has 464 valence electrons. The van der Waals surface area contributed by atoms with Crippen LogP contribution in [0.15, 0.2) is 97.1 Å². The fourth-order valence-corrected chi connectivity index (χ4v) is 11.6. The van der Waals surface area contributed by atoms with Crippen molar-refractivity contribution in [2.75, 3.05) is 13.2 Å². The number of esters is 1. The second-order valence-corrected chi connectivity index (χ2v) is 24.7. The highest BCUT2D eigenvalue weighted by molar-refractivity contribution is 6.30. The number of unbranched alkanes of at least 4 members (excludes halogenated alkanes) is 38. The molecule has 0 aliphatic carbocycles. The SMILES string of the molecule is CCCCCCCCCCCCCCCCCCCCCCOc1cc(OCCCCCCCCCCCCCCCCCCCCCC)cc(C(OC(=O)C(C)NC(=O)OCc2ccccc2)(c2ccc(Cl)cc2)c2ccc(Cl)cc2)c1. The van der Waals surface area contributed by atoms with Crippen LogP contribution in [0.2, 0.25) is 10.0 Å². The predicted octanol–water partition coefficient (Wildman–Crippen LogP) is 23.5. The van der Waals surface area contributed by atoms with Crippen LogP contribution >= 0.6 is 23.2 Å². The maximum absolute atomic E-state index is 14.5. The molecule has 0 aromatic heterocycles. The Hall–Kier alpha value is -4.20. The second-order valence-electron chi connectivity index (χ2n) is 23.9. The minimum atomic E-state index is -1.55. The number of ether oxygens (including phenoxy) is 4. The zero-order valence-electron chi connectivity index (χ0n) is 52.4. The average molecular weight is 1180 g/mol. The molecule has 9 heteroatoms. The number of halogens is 2. The molecule has 0 saturated heterocycles. The lowest BCUT2D eigenvalue weighted by Crippen LogP contribution is -2.44. The summed E-state index contributed by atoms with van der Waals surface area (Å²) < 4.78 is 25.5. The Labute approximate surface area is 516 Å². The van der Waals surface area contributed by atoms with Crippen LogP contribution in [0.1, 0.15) is 300 Å². The van der Waals surface area contributed by atoms with Crippen molar-refractivity contribution in [1.82, 2.24) is 5.32 Å². The second kappa shape index (κ2) is 47.0. The smallest absolute Gasteiger partial charge is 0.408 e. The minimum Gasteiger partial charge on any atom is -0.493 e. The van der Waals surface area contributed by atoms with E-state index in [1.165, 1.54) is 231 Å². The van der Waals surface area contributed by atoms with E-state index in [0.29, 0.717) is 51.4 Å². The van der Waals surface area contributed by atoms with Gasteiger partial charge in [-0.3, -0.25) is 0 Å². The van der Waals surface area contributed by atoms with Crippen molar-refractivity contribution in [2.45, 2.75) is 296 Å². The molecular formula is C74H113Cl2NO6. The summed E-state index contributed by atoms with van der Waals surface area (Å²) in [6.45, 7) is 7.32. The fraction of sp³-hybridized carbons (Fsp3) is 0.649. The van der Waals surface area contributed by atoms with Crippen molar-refractivity contribution in [3.63, 3.8) is 0 Å². The highest BCUT2D eigenvalue weighted by Gasteiger charge is 2.43. The molecule has 4 rings (SSSR count). The Kier molecular flexibility index (Phi) is 40.4. The van der Waals surface area contributed by atoms with Crippen molar-refractivity contribution in [3.05, 3.63) is 129 Å². The summed E-state index contributed by atoms with van der Waals surface area (Å²) >= 11 is 13.1. The standard InChI is InChI=1S/C74H113Cl2NO6/c1-4-6-8-10-12-14-16-18-20-22-24-26-28-30-32-34-36-38-40-45-57-80-70-59-67(60-71(61-70)81-58-46-41-39-37-35-33-31-29-27-25-23-21-19-17-15-13-11-9-7-5-2)74(65-49-53-68(75)54-50-65,66-51-55-69(76)56-52-66)83-72(78)63(3)77-73(79)82-62-64-47-43-42-44-48-64/h42-44,47-56,59-61,63H,4-41,45-46,57-58,62H2,1-3H3,(H,77,79). The lowest BCUT2D eigenvalue weighted by molar-refractivity contribution is -0.155. The van der Waals surface area contributed by atoms with Crippen LogP contribution in [-0.4, -0.2) is 31.3 Å². The molecule has 1 unspecified atom stereocenters. The Morgan fingerprint density at radius 3 is 1.05 bits per heavy atom. The van der Waals surface area contributed by atoms with Gasteiger partial charge in [0, 0.05) is 32.8 Å². The van der Waals surface area contributed by atoms with Crippen LogP contribution in [0, 0.1) is 0 Å². The van der Waals surface area contributed by atoms with E-state index < -0.39 is 23.7 Å². The Morgan fingerprint density at radius 1 is 0.410 bits per heavy atom. The fourth-order valence-electron chi connectivity index (χ4n) is 11.3. The van der Waals surface area contributed by atoms with E-state index in [9.17, 15) is 9.59 Å². The van der Waals surface area contributed by atoms with Gasteiger partial charge >= 0.3 is 12.1 Å². The van der Waals surface area contributed by atoms with Crippen LogP contribution in [0.4, 0.5) is 4.79 Å². The van der Waals surface area contributed by atoms with E-state index in [0.717, 1.165) is 31.2 Å². The van der Waals surface area contributed by atoms with Crippen LogP contribution in [0.3, 0.4) is 0 Å². The van der Waals surface area contributed by atoms with Gasteiger partial charge in [0.1, 0.15) is 24.1 Å². The first kappa shape index (κ1) is 71.3. The van der Waals surface area contributed by atoms with Crippen LogP contribution < -0.4 is 14.8 Å². The molecule has 83 heavy (non-hydrogen) atoms. The maximum Gasteiger partial charge on any atom is 0.408 e. The van der Waals surface area contributed by atoms with Gasteiger partial charge in [-0.15, -0.1) is 0 Å². The van der Waals surface area contributed by atoms with Gasteiger partial charge in [0.25, 0.3) is 0 Å². The molecule has 1 amide bonds. The summed E-state index contributed by atoms with van der Waals surface area (Å²) in [7, 11) is 0. The van der Waals surface area contributed by atoms with Gasteiger partial charge in [-0.25, -0.2) is 9.59 Å². The van der Waals surface area contributed by atoms with Crippen LogP contribution in [0.25, 0.3) is 0 Å². The Balaban J connectivity index is 1.33. The highest BCUT2D eigenvalue weighted by atomic mass is 35.5. The molecule has 7 nitrogen and oxygen atoms in total. The molecule has 1 atom stereocenters. The number of benzene rings is 4. The maximum atomic E-state index is 14.5. The van der Waals surface area contributed by atoms with Crippen LogP contribution in [0.5, 0.6) is 11.5 Å². The predicted molar refractivity (Wildman–Crippen MR) is 352 cm³/mol. The van der Waals surface area contributed by atoms with E-state index in [1.54, 1.807) is 31.2 Å². The van der Waals surface area contributed by atoms with Gasteiger partial charge in [0.05, 0.1) is 13.2 Å². The van der Waals surface area contributed by atoms with Gasteiger partial charge in [0.2, 0.25) is 0 Å². The van der Waals surface area contributed by atoms with Gasteiger partial charge in [-0.05, 0) is 61.7 Å². The monoisotopic (exact) mass is 1180 g/mol. The summed E-state index contributed by atoms with van der Waals surface area (Å²) in [6, 6.07) is 28.8. The number of hydrogen-bond donors (Lipinski definition) is 1. The van der Waals surface area contributed by atoms with Gasteiger partial charge in [-0.1, -0.05) is 336 Å². The molecule has 4 aromatic carbocycles. The summed E-state index contributed by atoms with van der Waals surface area (Å²) in [5.74, 6) is 0.574. The Bertz CT molecular complexity index is 2090. The molecule has 0 fully saturated rings. The zero-order valence-corrected chi connectivity index (χ0v) is 53.9. The topological polar surface area (TPSA) is 83.1 Å². The van der Waals surface area contributed by atoms with E-state index in [1.807, 2.05) is 72.8 Å². The van der Waals surface area contributed by atoms with Crippen molar-refractivity contribution < 1.29 is 28.5 Å². The van der Waals surface area contributed by atoms with Crippen LogP contribution in [-0.2, 0) is 26.5 Å². The van der Waals surface area contributed by atoms with Crippen molar-refractivity contribution >= 4 is 35.3 Å². The van der Waals surface area contributed by atoms with Crippen molar-refractivity contribution in [1.29, 1.82) is 0 Å². The number of carbonyl (C=O) groups is 2. The Morgan fingerprint density at radius 2 is 0.723 bits per heavy atom. The lowest BCUT2D eigenvalue weighted by Gasteiger charge is -2.36. The number of amides is 1. The normalized spacial score (nSPS) is 11.9. The molecule has 0 aliphatic rings. The van der Waals surface area contributed by atoms with Gasteiger partial charge < -0.3 is 24.3 Å². The minimum absolute atomic E-state index is 0.0582. The quantitative estimate of drug-likeness (QED) is 0.0269. The number of nitrogens with one attached hydrogen (secondary N) is 1. The van der Waals surface area contributed by atoms with Gasteiger partial charge in [-0.2, -0.15) is 0 Å². The molecule has 1 N–H and O–H groups in total. The lowest BCUT2D eigenvalue weighted by atomic mass is 9.79. The highest BCUT2D eigenvalue weighted by Crippen LogP contribution is 2.44. The molecule has 4 aromatic rings. The summed E-state index contributed by atoms with van der Waals surface area (Å²) in [5.41, 5.74) is 1.19. The summed E-state index contributed by atoms with van der Waals surface area (Å²) in [4.78, 5) is 27.6. The molecular weight excluding hydrogens is 1070 g/mol. The molecule has 0 radical (unpaired) electrons. The number of rotatable bonds is 52.